The number of nitrogens with two attached hydrogens (primary N) is 1. The fraction of sp³-hybridized carbons (Fsp3) is 0.625. The number of nitrogens with one attached hydrogen (secondary N) is 3. The molecule has 0 bridgehead atoms. The summed E-state index contributed by atoms with van der Waals surface area (Å²) < 4.78 is 0. The fourth-order valence-corrected chi connectivity index (χ4v) is 5.45. The summed E-state index contributed by atoms with van der Waals surface area (Å²) in [5.74, 6) is -0.722. The summed E-state index contributed by atoms with van der Waals surface area (Å²) >= 11 is 0. The van der Waals surface area contributed by atoms with Crippen molar-refractivity contribution in [3.63, 3.8) is 0 Å². The highest BCUT2D eigenvalue weighted by atomic mass is 16.5. The van der Waals surface area contributed by atoms with Crippen LogP contribution in [0.5, 0.6) is 0 Å². The molecule has 1 aromatic rings. The summed E-state index contributed by atoms with van der Waals surface area (Å²) in [6.45, 7) is 0. The number of rotatable bonds is 3. The molecule has 0 aliphatic heterocycles. The van der Waals surface area contributed by atoms with E-state index in [4.69, 9.17) is 10.9 Å². The van der Waals surface area contributed by atoms with Gasteiger partial charge in [-0.15, -0.1) is 0 Å². The van der Waals surface area contributed by atoms with E-state index in [1.54, 1.807) is 0 Å². The van der Waals surface area contributed by atoms with Crippen LogP contribution in [0.25, 0.3) is 0 Å². The van der Waals surface area contributed by atoms with E-state index in [0.29, 0.717) is 5.92 Å². The Balaban J connectivity index is 1.45. The van der Waals surface area contributed by atoms with Gasteiger partial charge in [0.1, 0.15) is 0 Å². The van der Waals surface area contributed by atoms with Crippen molar-refractivity contribution in [2.75, 3.05) is 0 Å². The maximum absolute atomic E-state index is 12.9. The number of carbonyl (C=O) groups excluding carboxylic acids is 2. The van der Waals surface area contributed by atoms with E-state index in [9.17, 15) is 9.59 Å². The largest absolute Gasteiger partial charge is 0.368 e. The van der Waals surface area contributed by atoms with Crippen molar-refractivity contribution >= 4 is 17.8 Å². The second kappa shape index (κ2) is 10.3. The van der Waals surface area contributed by atoms with Crippen LogP contribution in [0.4, 0.5) is 0 Å². The number of benzene rings is 1. The van der Waals surface area contributed by atoms with Gasteiger partial charge >= 0.3 is 11.8 Å². The fourth-order valence-electron chi connectivity index (χ4n) is 5.45. The smallest absolute Gasteiger partial charge is 0.309 e. The number of hydroxylamine groups is 1. The van der Waals surface area contributed by atoms with Crippen molar-refractivity contribution in [3.05, 3.63) is 35.4 Å². The Bertz CT molecular complexity index is 848. The highest BCUT2D eigenvalue weighted by Crippen LogP contribution is 2.58. The molecule has 6 N–H and O–H groups in total. The quantitative estimate of drug-likeness (QED) is 0.213. The van der Waals surface area contributed by atoms with Gasteiger partial charge < -0.3 is 16.4 Å². The third kappa shape index (κ3) is 5.23. The molecular formula is C24H35N5O3. The summed E-state index contributed by atoms with van der Waals surface area (Å²) in [7, 11) is 0. The first-order valence-corrected chi connectivity index (χ1v) is 12.0. The van der Waals surface area contributed by atoms with Crippen LogP contribution in [0.15, 0.2) is 29.3 Å². The molecule has 32 heavy (non-hydrogen) atoms. The van der Waals surface area contributed by atoms with Crippen molar-refractivity contribution in [2.45, 2.75) is 88.3 Å². The number of guanidine groups is 1. The van der Waals surface area contributed by atoms with Crippen molar-refractivity contribution < 1.29 is 14.8 Å². The van der Waals surface area contributed by atoms with E-state index < -0.39 is 17.9 Å². The molecule has 4 atom stereocenters. The number of hydrogen-bond acceptors (Lipinski definition) is 4. The van der Waals surface area contributed by atoms with Crippen LogP contribution in [0.3, 0.4) is 0 Å². The molecule has 1 aromatic carbocycles. The van der Waals surface area contributed by atoms with Crippen LogP contribution in [0.2, 0.25) is 0 Å². The highest BCUT2D eigenvalue weighted by molar-refractivity contribution is 6.35. The zero-order chi connectivity index (χ0) is 22.5. The van der Waals surface area contributed by atoms with Crippen LogP contribution in [-0.2, 0) is 9.59 Å². The van der Waals surface area contributed by atoms with Gasteiger partial charge in [0.15, 0.2) is 0 Å². The maximum Gasteiger partial charge on any atom is 0.309 e. The van der Waals surface area contributed by atoms with Gasteiger partial charge in [-0.1, -0.05) is 69.2 Å². The summed E-state index contributed by atoms with van der Waals surface area (Å²) in [6, 6.07) is 7.21. The van der Waals surface area contributed by atoms with E-state index in [2.05, 4.69) is 21.7 Å². The lowest BCUT2D eigenvalue weighted by Crippen LogP contribution is -2.48. The molecule has 8 heteroatoms. The first-order valence-electron chi connectivity index (χ1n) is 12.0. The zero-order valence-electron chi connectivity index (χ0n) is 18.6. The minimum absolute atomic E-state index is 0.0425. The average Bonchev–Trinajstić information content (AvgIpc) is 3.61. The summed E-state index contributed by atoms with van der Waals surface area (Å²) in [6.07, 6.45) is 11.1. The van der Waals surface area contributed by atoms with Gasteiger partial charge in [-0.05, 0) is 42.2 Å². The molecule has 0 saturated heterocycles. The van der Waals surface area contributed by atoms with Gasteiger partial charge in [-0.2, -0.15) is 0 Å². The number of nitrogens with zero attached hydrogens (tertiary/aromatic N) is 1. The molecular weight excluding hydrogens is 406 g/mol. The molecule has 3 aliphatic carbocycles. The molecule has 0 radical (unpaired) electrons. The lowest BCUT2D eigenvalue weighted by Gasteiger charge is -2.32. The van der Waals surface area contributed by atoms with Crippen LogP contribution in [0, 0.1) is 5.92 Å². The Hall–Kier alpha value is -2.61. The van der Waals surface area contributed by atoms with Crippen molar-refractivity contribution in [2.24, 2.45) is 16.6 Å². The minimum atomic E-state index is -0.642. The highest BCUT2D eigenvalue weighted by Gasteiger charge is 2.53. The van der Waals surface area contributed by atoms with Gasteiger partial charge in [0.05, 0.1) is 12.1 Å². The van der Waals surface area contributed by atoms with Gasteiger partial charge in [0.2, 0.25) is 5.96 Å². The molecule has 2 fully saturated rings. The van der Waals surface area contributed by atoms with Gasteiger partial charge in [-0.3, -0.25) is 14.8 Å². The summed E-state index contributed by atoms with van der Waals surface area (Å²) in [5.41, 5.74) is 9.77. The third-order valence-electron chi connectivity index (χ3n) is 7.19. The van der Waals surface area contributed by atoms with Crippen molar-refractivity contribution in [1.29, 1.82) is 0 Å². The number of hydrogen-bond donors (Lipinski definition) is 5. The number of carbonyl (C=O) groups is 2. The number of amides is 2. The standard InChI is InChI=1S/C24H35N5O3/c25-24(29-32)28-21-19-14-18(19)16-12-8-9-13-17(16)20(21)27-23(31)22(30)26-15-10-6-4-2-1-3-5-7-11-15/h8-9,12-13,15,18-21,32H,1-7,10-11,14H2,(H,26,30)(H,27,31)(H3,25,28,29)/t18?,19?,20-,21-/m0/s1. The molecule has 2 saturated carbocycles. The second-order valence-corrected chi connectivity index (χ2v) is 9.43. The first-order chi connectivity index (χ1) is 15.6. The van der Waals surface area contributed by atoms with Crippen LogP contribution >= 0.6 is 0 Å². The normalized spacial score (nSPS) is 28.6. The van der Waals surface area contributed by atoms with Crippen LogP contribution < -0.4 is 21.8 Å². The Morgan fingerprint density at radius 2 is 1.50 bits per heavy atom. The van der Waals surface area contributed by atoms with E-state index in [0.717, 1.165) is 37.7 Å². The number of fused-ring (bicyclic) bond motifs is 3. The average molecular weight is 442 g/mol. The van der Waals surface area contributed by atoms with Crippen LogP contribution in [-0.4, -0.2) is 35.1 Å². The van der Waals surface area contributed by atoms with Crippen molar-refractivity contribution in [3.8, 4) is 0 Å². The Morgan fingerprint density at radius 3 is 2.16 bits per heavy atom. The van der Waals surface area contributed by atoms with E-state index in [1.165, 1.54) is 37.7 Å². The zero-order valence-corrected chi connectivity index (χ0v) is 18.6. The molecule has 2 unspecified atom stereocenters. The molecule has 0 heterocycles. The first kappa shape index (κ1) is 22.6. The monoisotopic (exact) mass is 441 g/mol. The van der Waals surface area contributed by atoms with E-state index >= 15 is 0 Å². The van der Waals surface area contributed by atoms with E-state index in [-0.39, 0.29) is 24.0 Å². The lowest BCUT2D eigenvalue weighted by molar-refractivity contribution is -0.140. The topological polar surface area (TPSA) is 129 Å². The van der Waals surface area contributed by atoms with Crippen molar-refractivity contribution in [1.82, 2.24) is 16.1 Å². The SMILES string of the molecule is NC(=N[C@H]1C2CC2c2ccccc2[C@@H]1NC(=O)C(=O)NC1CCCCCCCCC1)NO. The lowest BCUT2D eigenvalue weighted by atomic mass is 9.84. The summed E-state index contributed by atoms with van der Waals surface area (Å²) in [5, 5.41) is 15.0. The second-order valence-electron chi connectivity index (χ2n) is 9.43. The predicted octanol–water partition coefficient (Wildman–Crippen LogP) is 2.63. The molecule has 2 amide bonds. The van der Waals surface area contributed by atoms with Gasteiger partial charge in [0.25, 0.3) is 0 Å². The Labute approximate surface area is 189 Å². The van der Waals surface area contributed by atoms with Gasteiger partial charge in [0, 0.05) is 6.04 Å². The van der Waals surface area contributed by atoms with Crippen LogP contribution in [0.1, 0.15) is 87.3 Å². The minimum Gasteiger partial charge on any atom is -0.368 e. The maximum atomic E-state index is 12.9. The third-order valence-corrected chi connectivity index (χ3v) is 7.19. The predicted molar refractivity (Wildman–Crippen MR) is 122 cm³/mol. The number of aliphatic imine (C=N–C) groups is 1. The Kier molecular flexibility index (Phi) is 7.29. The summed E-state index contributed by atoms with van der Waals surface area (Å²) in [4.78, 5) is 30.1. The Morgan fingerprint density at radius 1 is 0.906 bits per heavy atom. The molecule has 3 aliphatic rings. The molecule has 174 valence electrons. The molecule has 4 rings (SSSR count). The molecule has 0 spiro atoms. The molecule has 0 aromatic heterocycles. The van der Waals surface area contributed by atoms with E-state index in [1.807, 2.05) is 23.7 Å². The van der Waals surface area contributed by atoms with Gasteiger partial charge in [-0.25, -0.2) is 10.5 Å². The molecule has 8 nitrogen and oxygen atoms in total.